The van der Waals surface area contributed by atoms with E-state index in [4.69, 9.17) is 16.3 Å². The van der Waals surface area contributed by atoms with E-state index in [1.54, 1.807) is 12.1 Å². The first-order chi connectivity index (χ1) is 11.6. The summed E-state index contributed by atoms with van der Waals surface area (Å²) in [6.07, 6.45) is 1.42. The lowest BCUT2D eigenvalue weighted by Gasteiger charge is -2.25. The highest BCUT2D eigenvalue weighted by Crippen LogP contribution is 2.24. The fourth-order valence-corrected chi connectivity index (χ4v) is 4.68. The van der Waals surface area contributed by atoms with Gasteiger partial charge in [-0.25, -0.2) is 13.4 Å². The second kappa shape index (κ2) is 7.84. The minimum Gasteiger partial charge on any atom is -0.379 e. The van der Waals surface area contributed by atoms with Crippen molar-refractivity contribution in [2.75, 3.05) is 26.3 Å². The lowest BCUT2D eigenvalue weighted by Crippen LogP contribution is -2.40. The summed E-state index contributed by atoms with van der Waals surface area (Å²) < 4.78 is 31.7. The first-order valence-electron chi connectivity index (χ1n) is 7.47. The highest BCUT2D eigenvalue weighted by molar-refractivity contribution is 7.98. The van der Waals surface area contributed by atoms with Crippen molar-refractivity contribution < 1.29 is 13.2 Å². The number of hydrogen-bond acceptors (Lipinski definition) is 5. The molecule has 0 atom stereocenters. The minimum absolute atomic E-state index is 0.219. The Labute approximate surface area is 151 Å². The van der Waals surface area contributed by atoms with Crippen molar-refractivity contribution in [3.63, 3.8) is 0 Å². The van der Waals surface area contributed by atoms with E-state index in [1.165, 1.54) is 22.3 Å². The van der Waals surface area contributed by atoms with Gasteiger partial charge in [-0.15, -0.1) is 11.8 Å². The van der Waals surface area contributed by atoms with Gasteiger partial charge in [0.05, 0.1) is 18.2 Å². The summed E-state index contributed by atoms with van der Waals surface area (Å²) in [5, 5.41) is 1.48. The summed E-state index contributed by atoms with van der Waals surface area (Å²) in [6.45, 7) is 1.63. The maximum Gasteiger partial charge on any atom is 0.244 e. The van der Waals surface area contributed by atoms with Crippen LogP contribution >= 0.6 is 23.4 Å². The molecule has 1 aliphatic rings. The lowest BCUT2D eigenvalue weighted by molar-refractivity contribution is 0.0730. The van der Waals surface area contributed by atoms with Gasteiger partial charge in [0.1, 0.15) is 4.90 Å². The quantitative estimate of drug-likeness (QED) is 0.741. The average Bonchev–Trinajstić information content (AvgIpc) is 2.61. The Morgan fingerprint density at radius 2 is 2.00 bits per heavy atom. The third-order valence-electron chi connectivity index (χ3n) is 3.59. The number of nitrogens with zero attached hydrogens (tertiary/aromatic N) is 2. The monoisotopic (exact) mass is 384 g/mol. The Morgan fingerprint density at radius 1 is 1.21 bits per heavy atom. The van der Waals surface area contributed by atoms with E-state index in [2.05, 4.69) is 4.98 Å². The number of sulfonamides is 1. The third-order valence-corrected chi connectivity index (χ3v) is 6.73. The molecule has 1 aromatic heterocycles. The lowest BCUT2D eigenvalue weighted by atomic mass is 10.2. The molecular formula is C16H17ClN2O3S2. The van der Waals surface area contributed by atoms with Crippen LogP contribution in [-0.4, -0.2) is 44.0 Å². The van der Waals surface area contributed by atoms with Crippen LogP contribution in [0.1, 0.15) is 5.56 Å². The zero-order chi connectivity index (χ0) is 17.0. The van der Waals surface area contributed by atoms with Gasteiger partial charge in [-0.1, -0.05) is 23.7 Å². The van der Waals surface area contributed by atoms with Crippen LogP contribution in [-0.2, 0) is 20.5 Å². The molecular weight excluding hydrogens is 368 g/mol. The molecule has 8 heteroatoms. The number of benzene rings is 1. The van der Waals surface area contributed by atoms with E-state index in [0.717, 1.165) is 16.3 Å². The predicted octanol–water partition coefficient (Wildman–Crippen LogP) is 3.05. The number of aromatic nitrogens is 1. The van der Waals surface area contributed by atoms with E-state index in [-0.39, 0.29) is 4.90 Å². The van der Waals surface area contributed by atoms with Gasteiger partial charge in [-0.3, -0.25) is 0 Å². The highest BCUT2D eigenvalue weighted by atomic mass is 35.5. The maximum absolute atomic E-state index is 12.5. The number of rotatable bonds is 5. The molecule has 2 heterocycles. The number of hydrogen-bond donors (Lipinski definition) is 0. The van der Waals surface area contributed by atoms with Crippen molar-refractivity contribution >= 4 is 33.4 Å². The zero-order valence-electron chi connectivity index (χ0n) is 12.9. The largest absolute Gasteiger partial charge is 0.379 e. The fourth-order valence-electron chi connectivity index (χ4n) is 2.32. The van der Waals surface area contributed by atoms with E-state index in [0.29, 0.717) is 31.3 Å². The highest BCUT2D eigenvalue weighted by Gasteiger charge is 2.26. The summed E-state index contributed by atoms with van der Waals surface area (Å²) in [6, 6.07) is 11.0. The Kier molecular flexibility index (Phi) is 5.78. The number of halogens is 1. The van der Waals surface area contributed by atoms with Gasteiger partial charge in [0.15, 0.2) is 0 Å². The maximum atomic E-state index is 12.5. The Balaban J connectivity index is 1.66. The second-order valence-corrected chi connectivity index (χ2v) is 8.64. The summed E-state index contributed by atoms with van der Waals surface area (Å²) in [5.74, 6) is 0.725. The molecule has 1 fully saturated rings. The summed E-state index contributed by atoms with van der Waals surface area (Å²) >= 11 is 7.51. The molecule has 0 radical (unpaired) electrons. The van der Waals surface area contributed by atoms with Gasteiger partial charge in [0.2, 0.25) is 10.0 Å². The van der Waals surface area contributed by atoms with Crippen molar-refractivity contribution in [3.8, 4) is 0 Å². The Morgan fingerprint density at radius 3 is 2.67 bits per heavy atom. The van der Waals surface area contributed by atoms with Crippen LogP contribution in [0.25, 0.3) is 0 Å². The molecule has 3 rings (SSSR count). The Hall–Kier alpha value is -1.12. The van der Waals surface area contributed by atoms with Crippen molar-refractivity contribution in [1.82, 2.24) is 9.29 Å². The molecule has 1 aliphatic heterocycles. The number of pyridine rings is 1. The van der Waals surface area contributed by atoms with Crippen molar-refractivity contribution in [2.24, 2.45) is 0 Å². The molecule has 0 spiro atoms. The molecule has 0 saturated carbocycles. The van der Waals surface area contributed by atoms with Gasteiger partial charge in [-0.05, 0) is 29.8 Å². The summed E-state index contributed by atoms with van der Waals surface area (Å²) in [5.41, 5.74) is 1.10. The Bertz CT molecular complexity index is 791. The van der Waals surface area contributed by atoms with Crippen LogP contribution in [0.2, 0.25) is 5.02 Å². The first-order valence-corrected chi connectivity index (χ1v) is 10.3. The normalized spacial score (nSPS) is 16.2. The molecule has 24 heavy (non-hydrogen) atoms. The van der Waals surface area contributed by atoms with Crippen molar-refractivity contribution in [1.29, 1.82) is 0 Å². The molecule has 128 valence electrons. The van der Waals surface area contributed by atoms with E-state index in [9.17, 15) is 8.42 Å². The number of thioether (sulfide) groups is 1. The molecule has 1 saturated heterocycles. The average molecular weight is 385 g/mol. The molecule has 1 aromatic carbocycles. The van der Waals surface area contributed by atoms with Crippen molar-refractivity contribution in [2.45, 2.75) is 15.7 Å². The first kappa shape index (κ1) is 17.7. The summed E-state index contributed by atoms with van der Waals surface area (Å²) in [4.78, 5) is 4.49. The fraction of sp³-hybridized carbons (Fsp3) is 0.312. The van der Waals surface area contributed by atoms with Crippen LogP contribution in [0, 0.1) is 0 Å². The standard InChI is InChI=1S/C16H17ClN2O3S2/c17-14-3-1-2-13(10-14)12-23-16-5-4-15(11-18-16)24(20,21)19-6-8-22-9-7-19/h1-5,10-11H,6-9,12H2. The summed E-state index contributed by atoms with van der Waals surface area (Å²) in [7, 11) is -3.49. The molecule has 2 aromatic rings. The van der Waals surface area contributed by atoms with Crippen molar-refractivity contribution in [3.05, 3.63) is 53.2 Å². The van der Waals surface area contributed by atoms with E-state index in [1.807, 2.05) is 24.3 Å². The van der Waals surface area contributed by atoms with Gasteiger partial charge < -0.3 is 4.74 Å². The molecule has 0 bridgehead atoms. The minimum atomic E-state index is -3.49. The molecule has 0 amide bonds. The second-order valence-electron chi connectivity index (χ2n) is 5.27. The molecule has 0 aliphatic carbocycles. The van der Waals surface area contributed by atoms with Crippen LogP contribution in [0.15, 0.2) is 52.5 Å². The third kappa shape index (κ3) is 4.29. The van der Waals surface area contributed by atoms with Gasteiger partial charge in [0, 0.05) is 30.1 Å². The molecule has 5 nitrogen and oxygen atoms in total. The smallest absolute Gasteiger partial charge is 0.244 e. The van der Waals surface area contributed by atoms with Gasteiger partial charge in [0.25, 0.3) is 0 Å². The molecule has 0 N–H and O–H groups in total. The van der Waals surface area contributed by atoms with Crippen LogP contribution in [0.5, 0.6) is 0 Å². The van der Waals surface area contributed by atoms with E-state index < -0.39 is 10.0 Å². The zero-order valence-corrected chi connectivity index (χ0v) is 15.3. The topological polar surface area (TPSA) is 59.5 Å². The predicted molar refractivity (Wildman–Crippen MR) is 94.8 cm³/mol. The number of ether oxygens (including phenoxy) is 1. The SMILES string of the molecule is O=S(=O)(c1ccc(SCc2cccc(Cl)c2)nc1)N1CCOCC1. The van der Waals surface area contributed by atoms with Gasteiger partial charge >= 0.3 is 0 Å². The van der Waals surface area contributed by atoms with Crippen LogP contribution in [0.3, 0.4) is 0 Å². The van der Waals surface area contributed by atoms with Crippen LogP contribution < -0.4 is 0 Å². The van der Waals surface area contributed by atoms with Crippen LogP contribution in [0.4, 0.5) is 0 Å². The number of morpholine rings is 1. The van der Waals surface area contributed by atoms with Gasteiger partial charge in [-0.2, -0.15) is 4.31 Å². The van der Waals surface area contributed by atoms with E-state index >= 15 is 0 Å². The molecule has 0 unspecified atom stereocenters.